The van der Waals surface area contributed by atoms with E-state index in [-0.39, 0.29) is 23.0 Å². The van der Waals surface area contributed by atoms with Crippen LogP contribution in [0.4, 0.5) is 0 Å². The Balaban J connectivity index is 2.96. The standard InChI is InChI=1S/C14H17NO3/c1-4-9-7-15(8(2)3)11-6-13(17)12(16)5-10(11)14(9)18/h5-8,16-17H,4H2,1-3H3. The number of aromatic hydroxyl groups is 2. The van der Waals surface area contributed by atoms with Crippen LogP contribution in [0.2, 0.25) is 0 Å². The molecule has 0 saturated heterocycles. The predicted octanol–water partition coefficient (Wildman–Crippen LogP) is 2.56. The van der Waals surface area contributed by atoms with Crippen LogP contribution in [0.25, 0.3) is 10.9 Å². The molecule has 0 radical (unpaired) electrons. The van der Waals surface area contributed by atoms with Gasteiger partial charge in [0.2, 0.25) is 0 Å². The van der Waals surface area contributed by atoms with Gasteiger partial charge in [-0.2, -0.15) is 0 Å². The summed E-state index contributed by atoms with van der Waals surface area (Å²) in [7, 11) is 0. The lowest BCUT2D eigenvalue weighted by Gasteiger charge is -2.17. The quantitative estimate of drug-likeness (QED) is 0.802. The number of benzene rings is 1. The van der Waals surface area contributed by atoms with Crippen molar-refractivity contribution in [2.75, 3.05) is 0 Å². The number of nitrogens with zero attached hydrogens (tertiary/aromatic N) is 1. The van der Waals surface area contributed by atoms with E-state index < -0.39 is 0 Å². The first-order chi connectivity index (χ1) is 8.45. The summed E-state index contributed by atoms with van der Waals surface area (Å²) in [6, 6.07) is 2.94. The van der Waals surface area contributed by atoms with Gasteiger partial charge in [-0.3, -0.25) is 4.79 Å². The van der Waals surface area contributed by atoms with Crippen molar-refractivity contribution in [2.24, 2.45) is 0 Å². The van der Waals surface area contributed by atoms with Gasteiger partial charge in [-0.1, -0.05) is 6.92 Å². The van der Waals surface area contributed by atoms with E-state index in [1.807, 2.05) is 31.5 Å². The van der Waals surface area contributed by atoms with Gasteiger partial charge in [0.1, 0.15) is 0 Å². The number of hydrogen-bond acceptors (Lipinski definition) is 3. The van der Waals surface area contributed by atoms with Crippen LogP contribution in [-0.4, -0.2) is 14.8 Å². The zero-order valence-electron chi connectivity index (χ0n) is 10.8. The van der Waals surface area contributed by atoms with Gasteiger partial charge in [-0.25, -0.2) is 0 Å². The molecule has 4 heteroatoms. The molecule has 4 nitrogen and oxygen atoms in total. The number of rotatable bonds is 2. The Labute approximate surface area is 105 Å². The molecule has 0 atom stereocenters. The number of phenolic OH excluding ortho intramolecular Hbond substituents is 2. The second-order valence-electron chi connectivity index (χ2n) is 4.70. The van der Waals surface area contributed by atoms with Gasteiger partial charge in [0.25, 0.3) is 0 Å². The van der Waals surface area contributed by atoms with Crippen LogP contribution in [0.15, 0.2) is 23.1 Å². The largest absolute Gasteiger partial charge is 0.504 e. The van der Waals surface area contributed by atoms with Crippen molar-refractivity contribution in [3.05, 3.63) is 34.1 Å². The highest BCUT2D eigenvalue weighted by Crippen LogP contribution is 2.30. The zero-order valence-corrected chi connectivity index (χ0v) is 10.8. The molecule has 2 N–H and O–H groups in total. The molecule has 0 aliphatic carbocycles. The Morgan fingerprint density at radius 1 is 1.22 bits per heavy atom. The summed E-state index contributed by atoms with van der Waals surface area (Å²) < 4.78 is 1.94. The summed E-state index contributed by atoms with van der Waals surface area (Å²) >= 11 is 0. The maximum atomic E-state index is 12.2. The van der Waals surface area contributed by atoms with E-state index in [9.17, 15) is 15.0 Å². The minimum atomic E-state index is -0.261. The lowest BCUT2D eigenvalue weighted by atomic mass is 10.1. The Bertz CT molecular complexity index is 656. The maximum Gasteiger partial charge on any atom is 0.192 e. The lowest BCUT2D eigenvalue weighted by Crippen LogP contribution is -2.15. The van der Waals surface area contributed by atoms with Gasteiger partial charge in [-0.05, 0) is 26.3 Å². The molecule has 0 saturated carbocycles. The molecule has 2 rings (SSSR count). The van der Waals surface area contributed by atoms with Crippen LogP contribution >= 0.6 is 0 Å². The predicted molar refractivity (Wildman–Crippen MR) is 71.3 cm³/mol. The summed E-state index contributed by atoms with van der Waals surface area (Å²) in [4.78, 5) is 12.2. The average molecular weight is 247 g/mol. The van der Waals surface area contributed by atoms with Gasteiger partial charge in [0.05, 0.1) is 5.52 Å². The summed E-state index contributed by atoms with van der Waals surface area (Å²) in [6.45, 7) is 5.94. The number of aromatic nitrogens is 1. The molecule has 0 amide bonds. The molecular weight excluding hydrogens is 230 g/mol. The van der Waals surface area contributed by atoms with Gasteiger partial charge >= 0.3 is 0 Å². The normalized spacial score (nSPS) is 11.3. The molecule has 0 bridgehead atoms. The Morgan fingerprint density at radius 3 is 2.39 bits per heavy atom. The topological polar surface area (TPSA) is 62.5 Å². The Hall–Kier alpha value is -1.97. The fraction of sp³-hybridized carbons (Fsp3) is 0.357. The SMILES string of the molecule is CCc1cn(C(C)C)c2cc(O)c(O)cc2c1=O. The molecule has 18 heavy (non-hydrogen) atoms. The van der Waals surface area contributed by atoms with Crippen molar-refractivity contribution in [1.82, 2.24) is 4.57 Å². The minimum Gasteiger partial charge on any atom is -0.504 e. The molecule has 2 aromatic rings. The van der Waals surface area contributed by atoms with Crippen molar-refractivity contribution in [3.63, 3.8) is 0 Å². The highest BCUT2D eigenvalue weighted by Gasteiger charge is 2.12. The van der Waals surface area contributed by atoms with E-state index >= 15 is 0 Å². The summed E-state index contributed by atoms with van der Waals surface area (Å²) in [5.74, 6) is -0.469. The molecule has 96 valence electrons. The highest BCUT2D eigenvalue weighted by molar-refractivity contribution is 5.83. The third kappa shape index (κ3) is 1.83. The number of aryl methyl sites for hydroxylation is 1. The zero-order chi connectivity index (χ0) is 13.4. The van der Waals surface area contributed by atoms with Gasteiger partial charge < -0.3 is 14.8 Å². The van der Waals surface area contributed by atoms with Crippen LogP contribution in [-0.2, 0) is 6.42 Å². The first-order valence-corrected chi connectivity index (χ1v) is 6.05. The number of pyridine rings is 1. The van der Waals surface area contributed by atoms with E-state index in [2.05, 4.69) is 0 Å². The van der Waals surface area contributed by atoms with Crippen molar-refractivity contribution in [2.45, 2.75) is 33.2 Å². The van der Waals surface area contributed by atoms with E-state index in [1.54, 1.807) is 0 Å². The maximum absolute atomic E-state index is 12.2. The molecule has 1 aromatic heterocycles. The van der Waals surface area contributed by atoms with Crippen LogP contribution in [0.5, 0.6) is 11.5 Å². The summed E-state index contributed by atoms with van der Waals surface area (Å²) in [5, 5.41) is 19.6. The van der Waals surface area contributed by atoms with Crippen LogP contribution in [0, 0.1) is 0 Å². The van der Waals surface area contributed by atoms with E-state index in [1.165, 1.54) is 12.1 Å². The fourth-order valence-corrected chi connectivity index (χ4v) is 2.11. The number of hydrogen-bond donors (Lipinski definition) is 2. The Kier molecular flexibility index (Phi) is 3.03. The first kappa shape index (κ1) is 12.5. The van der Waals surface area contributed by atoms with Crippen LogP contribution in [0.1, 0.15) is 32.4 Å². The monoisotopic (exact) mass is 247 g/mol. The van der Waals surface area contributed by atoms with E-state index in [0.717, 1.165) is 0 Å². The third-order valence-corrected chi connectivity index (χ3v) is 3.14. The Morgan fingerprint density at radius 2 is 1.83 bits per heavy atom. The second-order valence-corrected chi connectivity index (χ2v) is 4.70. The minimum absolute atomic E-state index is 0.0836. The first-order valence-electron chi connectivity index (χ1n) is 6.05. The smallest absolute Gasteiger partial charge is 0.192 e. The van der Waals surface area contributed by atoms with Crippen molar-refractivity contribution < 1.29 is 10.2 Å². The molecule has 0 unspecified atom stereocenters. The van der Waals surface area contributed by atoms with E-state index in [0.29, 0.717) is 22.9 Å². The average Bonchev–Trinajstić information content (AvgIpc) is 2.32. The second kappa shape index (κ2) is 4.37. The van der Waals surface area contributed by atoms with Gasteiger partial charge in [-0.15, -0.1) is 0 Å². The van der Waals surface area contributed by atoms with Crippen molar-refractivity contribution >= 4 is 10.9 Å². The van der Waals surface area contributed by atoms with Crippen molar-refractivity contribution in [1.29, 1.82) is 0 Å². The van der Waals surface area contributed by atoms with Gasteiger partial charge in [0, 0.05) is 29.3 Å². The summed E-state index contributed by atoms with van der Waals surface area (Å²) in [6.07, 6.45) is 2.47. The molecule has 1 heterocycles. The molecule has 0 spiro atoms. The fourth-order valence-electron chi connectivity index (χ4n) is 2.11. The van der Waals surface area contributed by atoms with Crippen LogP contribution < -0.4 is 5.43 Å². The highest BCUT2D eigenvalue weighted by atomic mass is 16.3. The summed E-state index contributed by atoms with van der Waals surface area (Å²) in [5.41, 5.74) is 1.27. The molecule has 0 fully saturated rings. The van der Waals surface area contributed by atoms with E-state index in [4.69, 9.17) is 0 Å². The molecule has 0 aliphatic heterocycles. The number of phenols is 2. The van der Waals surface area contributed by atoms with Gasteiger partial charge in [0.15, 0.2) is 16.9 Å². The molecular formula is C14H17NO3. The third-order valence-electron chi connectivity index (χ3n) is 3.14. The van der Waals surface area contributed by atoms with Crippen molar-refractivity contribution in [3.8, 4) is 11.5 Å². The number of fused-ring (bicyclic) bond motifs is 1. The molecule has 1 aromatic carbocycles. The molecule has 0 aliphatic rings. The van der Waals surface area contributed by atoms with Crippen LogP contribution in [0.3, 0.4) is 0 Å². The lowest BCUT2D eigenvalue weighted by molar-refractivity contribution is 0.404.